The molecule has 0 unspecified atom stereocenters. The molecule has 2 heterocycles. The van der Waals surface area contributed by atoms with Crippen LogP contribution in [0.3, 0.4) is 0 Å². The van der Waals surface area contributed by atoms with Gasteiger partial charge in [-0.15, -0.1) is 0 Å². The zero-order valence-electron chi connectivity index (χ0n) is 29.6. The fraction of sp³-hybridized carbons (Fsp3) is 0.0189. The molecule has 0 aliphatic heterocycles. The van der Waals surface area contributed by atoms with E-state index in [1.807, 2.05) is 24.3 Å². The second-order valence-electron chi connectivity index (χ2n) is 15.1. The third-order valence-electron chi connectivity index (χ3n) is 12.5. The molecule has 11 aromatic rings. The van der Waals surface area contributed by atoms with Gasteiger partial charge in [0.2, 0.25) is 0 Å². The van der Waals surface area contributed by atoms with Crippen molar-refractivity contribution < 1.29 is 8.83 Å². The monoisotopic (exact) mass is 698 g/mol. The van der Waals surface area contributed by atoms with Crippen LogP contribution < -0.4 is 0 Å². The molecule has 2 heteroatoms. The second-order valence-corrected chi connectivity index (χ2v) is 15.1. The molecule has 2 aliphatic carbocycles. The molecule has 2 aliphatic rings. The van der Waals surface area contributed by atoms with Crippen molar-refractivity contribution in [2.45, 2.75) is 5.41 Å². The van der Waals surface area contributed by atoms with Crippen molar-refractivity contribution in [3.8, 4) is 44.5 Å². The van der Waals surface area contributed by atoms with Crippen molar-refractivity contribution in [3.63, 3.8) is 0 Å². The molecule has 2 nitrogen and oxygen atoms in total. The SMILES string of the molecule is c1ccc2c(c1)-c1ccccc1C21c2cc(-c3ccc4oc5ccccc5c4c3)ccc2-c2ccc3ccc(-c4ccc5oc6ccccc6c5c4)cc3c21. The molecule has 0 amide bonds. The predicted molar refractivity (Wildman–Crippen MR) is 226 cm³/mol. The van der Waals surface area contributed by atoms with Crippen LogP contribution in [0.15, 0.2) is 191 Å². The minimum atomic E-state index is -0.497. The molecule has 0 saturated carbocycles. The molecule has 0 saturated heterocycles. The van der Waals surface area contributed by atoms with Gasteiger partial charge in [0.25, 0.3) is 0 Å². The van der Waals surface area contributed by atoms with Gasteiger partial charge in [-0.2, -0.15) is 0 Å². The van der Waals surface area contributed by atoms with Crippen LogP contribution in [0, 0.1) is 0 Å². The van der Waals surface area contributed by atoms with Crippen LogP contribution in [0.5, 0.6) is 0 Å². The highest BCUT2D eigenvalue weighted by Crippen LogP contribution is 2.64. The number of rotatable bonds is 2. The number of furan rings is 2. The largest absolute Gasteiger partial charge is 0.456 e. The van der Waals surface area contributed by atoms with Crippen molar-refractivity contribution >= 4 is 54.6 Å². The Hall–Kier alpha value is -7.16. The van der Waals surface area contributed by atoms with Crippen molar-refractivity contribution in [2.24, 2.45) is 0 Å². The van der Waals surface area contributed by atoms with Gasteiger partial charge < -0.3 is 8.83 Å². The quantitative estimate of drug-likeness (QED) is 0.180. The standard InChI is InChI=1S/C53H30O2/c1-5-13-45-36(9-1)37-10-2-6-14-46(37)53(45)47-30-35(34-22-26-51-44(29-34)40-12-4-8-16-49(40)55-51)20-23-38(47)41-24-19-31-17-18-32(27-42(31)52(41)53)33-21-25-50-43(28-33)39-11-3-7-15-48(39)54-50/h1-30H. The van der Waals surface area contributed by atoms with Gasteiger partial charge in [-0.3, -0.25) is 0 Å². The van der Waals surface area contributed by atoms with E-state index in [-0.39, 0.29) is 0 Å². The van der Waals surface area contributed by atoms with Crippen LogP contribution in [-0.4, -0.2) is 0 Å². The molecular weight excluding hydrogens is 669 g/mol. The lowest BCUT2D eigenvalue weighted by atomic mass is 9.69. The van der Waals surface area contributed by atoms with Crippen molar-refractivity contribution in [3.05, 3.63) is 204 Å². The van der Waals surface area contributed by atoms with Crippen molar-refractivity contribution in [2.75, 3.05) is 0 Å². The minimum Gasteiger partial charge on any atom is -0.456 e. The van der Waals surface area contributed by atoms with Crippen molar-refractivity contribution in [1.82, 2.24) is 0 Å². The summed E-state index contributed by atoms with van der Waals surface area (Å²) in [6.07, 6.45) is 0. The first-order valence-electron chi connectivity index (χ1n) is 19.0. The smallest absolute Gasteiger partial charge is 0.135 e. The first-order valence-corrected chi connectivity index (χ1v) is 19.0. The zero-order chi connectivity index (χ0) is 35.8. The highest BCUT2D eigenvalue weighted by molar-refractivity contribution is 6.09. The Morgan fingerprint density at radius 1 is 0.291 bits per heavy atom. The summed E-state index contributed by atoms with van der Waals surface area (Å²) in [6, 6.07) is 66.9. The van der Waals surface area contributed by atoms with Gasteiger partial charge >= 0.3 is 0 Å². The first-order chi connectivity index (χ1) is 27.2. The highest BCUT2D eigenvalue weighted by atomic mass is 16.3. The van der Waals surface area contributed by atoms with Crippen LogP contribution >= 0.6 is 0 Å². The molecule has 55 heavy (non-hydrogen) atoms. The molecule has 13 rings (SSSR count). The first kappa shape index (κ1) is 29.3. The maximum Gasteiger partial charge on any atom is 0.135 e. The summed E-state index contributed by atoms with van der Waals surface area (Å²) in [5.41, 5.74) is 18.5. The van der Waals surface area contributed by atoms with E-state index in [1.165, 1.54) is 77.5 Å². The maximum absolute atomic E-state index is 6.23. The summed E-state index contributed by atoms with van der Waals surface area (Å²) < 4.78 is 12.4. The second kappa shape index (κ2) is 10.5. The van der Waals surface area contributed by atoms with Crippen molar-refractivity contribution in [1.29, 1.82) is 0 Å². The van der Waals surface area contributed by atoms with E-state index in [1.54, 1.807) is 0 Å². The fourth-order valence-electron chi connectivity index (χ4n) is 10.1. The average molecular weight is 699 g/mol. The highest BCUT2D eigenvalue weighted by Gasteiger charge is 2.52. The van der Waals surface area contributed by atoms with Gasteiger partial charge in [0, 0.05) is 21.5 Å². The summed E-state index contributed by atoms with van der Waals surface area (Å²) in [5, 5.41) is 7.09. The summed E-state index contributed by atoms with van der Waals surface area (Å²) in [6.45, 7) is 0. The molecule has 0 fully saturated rings. The Kier molecular flexibility index (Phi) is 5.59. The number of hydrogen-bond donors (Lipinski definition) is 0. The number of benzene rings is 9. The summed E-state index contributed by atoms with van der Waals surface area (Å²) in [4.78, 5) is 0. The van der Waals surface area contributed by atoms with Crippen LogP contribution in [0.25, 0.3) is 99.2 Å². The summed E-state index contributed by atoms with van der Waals surface area (Å²) in [7, 11) is 0. The third kappa shape index (κ3) is 3.78. The molecule has 1 spiro atoms. The Bertz CT molecular complexity index is 3400. The third-order valence-corrected chi connectivity index (χ3v) is 12.5. The van der Waals surface area contributed by atoms with E-state index in [4.69, 9.17) is 8.83 Å². The zero-order valence-corrected chi connectivity index (χ0v) is 29.6. The number of hydrogen-bond acceptors (Lipinski definition) is 2. The lowest BCUT2D eigenvalue weighted by Crippen LogP contribution is -2.26. The normalized spacial score (nSPS) is 13.6. The lowest BCUT2D eigenvalue weighted by molar-refractivity contribution is 0.668. The predicted octanol–water partition coefficient (Wildman–Crippen LogP) is 14.3. The van der Waals surface area contributed by atoms with Crippen LogP contribution in [0.4, 0.5) is 0 Å². The molecule has 0 radical (unpaired) electrons. The maximum atomic E-state index is 6.23. The van der Waals surface area contributed by atoms with Crippen LogP contribution in [0.2, 0.25) is 0 Å². The van der Waals surface area contributed by atoms with E-state index in [0.29, 0.717) is 0 Å². The topological polar surface area (TPSA) is 26.3 Å². The summed E-state index contributed by atoms with van der Waals surface area (Å²) in [5.74, 6) is 0. The van der Waals surface area contributed by atoms with Crippen LogP contribution in [-0.2, 0) is 5.41 Å². The van der Waals surface area contributed by atoms with Gasteiger partial charge in [0.05, 0.1) is 5.41 Å². The van der Waals surface area contributed by atoms with Gasteiger partial charge in [-0.25, -0.2) is 0 Å². The lowest BCUT2D eigenvalue weighted by Gasteiger charge is -2.32. The average Bonchev–Trinajstić information content (AvgIpc) is 3.98. The Morgan fingerprint density at radius 3 is 1.36 bits per heavy atom. The fourth-order valence-corrected chi connectivity index (χ4v) is 10.1. The molecule has 0 atom stereocenters. The minimum absolute atomic E-state index is 0.497. The van der Waals surface area contributed by atoms with Gasteiger partial charge in [-0.1, -0.05) is 133 Å². The molecule has 9 aromatic carbocycles. The summed E-state index contributed by atoms with van der Waals surface area (Å²) >= 11 is 0. The Morgan fingerprint density at radius 2 is 0.727 bits per heavy atom. The van der Waals surface area contributed by atoms with E-state index in [2.05, 4.69) is 158 Å². The van der Waals surface area contributed by atoms with E-state index in [0.717, 1.165) is 43.9 Å². The molecule has 0 N–H and O–H groups in total. The molecule has 254 valence electrons. The molecule has 0 bridgehead atoms. The Labute approximate surface area is 316 Å². The molecule has 2 aromatic heterocycles. The number of para-hydroxylation sites is 2. The van der Waals surface area contributed by atoms with Gasteiger partial charge in [0.15, 0.2) is 0 Å². The molecular formula is C53H30O2. The van der Waals surface area contributed by atoms with E-state index < -0.39 is 5.41 Å². The van der Waals surface area contributed by atoms with Gasteiger partial charge in [-0.05, 0) is 126 Å². The van der Waals surface area contributed by atoms with E-state index >= 15 is 0 Å². The van der Waals surface area contributed by atoms with E-state index in [9.17, 15) is 0 Å². The van der Waals surface area contributed by atoms with Gasteiger partial charge in [0.1, 0.15) is 22.3 Å². The van der Waals surface area contributed by atoms with Crippen LogP contribution in [0.1, 0.15) is 22.3 Å². The Balaban J connectivity index is 1.09. The number of fused-ring (bicyclic) bond motifs is 18.